The van der Waals surface area contributed by atoms with Gasteiger partial charge in [-0.1, -0.05) is 29.3 Å². The zero-order chi connectivity index (χ0) is 17.8. The van der Waals surface area contributed by atoms with E-state index in [1.165, 1.54) is 0 Å². The molecule has 6 nitrogen and oxygen atoms in total. The second kappa shape index (κ2) is 8.36. The summed E-state index contributed by atoms with van der Waals surface area (Å²) in [5.41, 5.74) is 0.450. The van der Waals surface area contributed by atoms with E-state index in [2.05, 4.69) is 20.4 Å². The summed E-state index contributed by atoms with van der Waals surface area (Å²) in [6.07, 6.45) is 2.20. The van der Waals surface area contributed by atoms with E-state index in [1.54, 1.807) is 18.2 Å². The summed E-state index contributed by atoms with van der Waals surface area (Å²) in [5, 5.41) is 6.62. The third kappa shape index (κ3) is 5.57. The Labute approximate surface area is 157 Å². The van der Waals surface area contributed by atoms with Gasteiger partial charge in [0, 0.05) is 32.2 Å². The van der Waals surface area contributed by atoms with Crippen LogP contribution in [0.5, 0.6) is 0 Å². The molecule has 1 aliphatic heterocycles. The molecule has 8 heteroatoms. The number of benzene rings is 1. The van der Waals surface area contributed by atoms with Crippen molar-refractivity contribution in [1.82, 2.24) is 15.1 Å². The van der Waals surface area contributed by atoms with Crippen LogP contribution in [-0.2, 0) is 9.59 Å². The van der Waals surface area contributed by atoms with Crippen LogP contribution in [-0.4, -0.2) is 66.9 Å². The van der Waals surface area contributed by atoms with Gasteiger partial charge in [0.2, 0.25) is 11.8 Å². The molecule has 1 aliphatic carbocycles. The van der Waals surface area contributed by atoms with Crippen LogP contribution in [0.2, 0.25) is 10.0 Å². The van der Waals surface area contributed by atoms with Crippen LogP contribution in [0.1, 0.15) is 12.8 Å². The van der Waals surface area contributed by atoms with E-state index in [9.17, 15) is 9.59 Å². The van der Waals surface area contributed by atoms with Crippen molar-refractivity contribution in [2.24, 2.45) is 0 Å². The summed E-state index contributed by atoms with van der Waals surface area (Å²) in [6.45, 7) is 3.77. The van der Waals surface area contributed by atoms with Crippen molar-refractivity contribution in [3.05, 3.63) is 28.2 Å². The highest BCUT2D eigenvalue weighted by atomic mass is 35.5. The summed E-state index contributed by atoms with van der Waals surface area (Å²) in [6, 6.07) is 5.51. The number of halogens is 2. The predicted octanol–water partition coefficient (Wildman–Crippen LogP) is 1.83. The Morgan fingerprint density at radius 1 is 0.960 bits per heavy atom. The number of nitrogens with zero attached hydrogens (tertiary/aromatic N) is 2. The predicted molar refractivity (Wildman–Crippen MR) is 99.1 cm³/mol. The van der Waals surface area contributed by atoms with E-state index in [0.717, 1.165) is 39.0 Å². The molecule has 1 aromatic carbocycles. The number of nitrogens with one attached hydrogen (secondary N) is 2. The third-order valence-electron chi connectivity index (χ3n) is 4.37. The Morgan fingerprint density at radius 3 is 2.00 bits per heavy atom. The molecule has 0 aromatic heterocycles. The third-order valence-corrected chi connectivity index (χ3v) is 5.00. The fourth-order valence-electron chi connectivity index (χ4n) is 2.81. The van der Waals surface area contributed by atoms with Crippen LogP contribution in [0, 0.1) is 0 Å². The number of carbonyl (C=O) groups excluding carboxylic acids is 2. The fraction of sp³-hybridized carbons (Fsp3) is 0.529. The first-order chi connectivity index (χ1) is 12.0. The lowest BCUT2D eigenvalue weighted by atomic mass is 10.3. The van der Waals surface area contributed by atoms with Crippen molar-refractivity contribution in [3.8, 4) is 0 Å². The number of hydrogen-bond donors (Lipinski definition) is 2. The van der Waals surface area contributed by atoms with Crippen molar-refractivity contribution in [2.45, 2.75) is 18.9 Å². The highest BCUT2D eigenvalue weighted by Crippen LogP contribution is 2.29. The molecule has 0 bridgehead atoms. The van der Waals surface area contributed by atoms with Gasteiger partial charge in [-0.15, -0.1) is 0 Å². The molecule has 0 atom stereocenters. The minimum Gasteiger partial charge on any atom is -0.352 e. The van der Waals surface area contributed by atoms with Gasteiger partial charge in [0.05, 0.1) is 28.8 Å². The van der Waals surface area contributed by atoms with E-state index in [-0.39, 0.29) is 18.4 Å². The lowest BCUT2D eigenvalue weighted by Crippen LogP contribution is -2.51. The van der Waals surface area contributed by atoms with Crippen LogP contribution in [0.3, 0.4) is 0 Å². The molecule has 0 unspecified atom stereocenters. The molecule has 0 radical (unpaired) electrons. The second-order valence-corrected chi connectivity index (χ2v) is 7.35. The molecule has 2 N–H and O–H groups in total. The molecular formula is C17H22Cl2N4O2. The normalized spacial score (nSPS) is 18.8. The number of rotatable bonds is 6. The molecule has 3 rings (SSSR count). The number of hydrogen-bond acceptors (Lipinski definition) is 4. The van der Waals surface area contributed by atoms with E-state index in [1.807, 2.05) is 0 Å². The zero-order valence-corrected chi connectivity index (χ0v) is 15.4. The SMILES string of the molecule is O=C(CN1CCN(CC(=O)NC2CC2)CC1)Nc1c(Cl)cccc1Cl. The van der Waals surface area contributed by atoms with Crippen LogP contribution >= 0.6 is 23.2 Å². The minimum absolute atomic E-state index is 0.0991. The molecule has 2 aliphatic rings. The number of carbonyl (C=O) groups is 2. The first-order valence-electron chi connectivity index (χ1n) is 8.49. The molecule has 2 amide bonds. The fourth-order valence-corrected chi connectivity index (χ4v) is 3.30. The maximum absolute atomic E-state index is 12.2. The zero-order valence-electron chi connectivity index (χ0n) is 13.9. The Balaban J connectivity index is 1.40. The first kappa shape index (κ1) is 18.5. The van der Waals surface area contributed by atoms with Gasteiger partial charge < -0.3 is 10.6 Å². The van der Waals surface area contributed by atoms with Gasteiger partial charge >= 0.3 is 0 Å². The molecule has 1 aromatic rings. The average molecular weight is 385 g/mol. The number of anilines is 1. The van der Waals surface area contributed by atoms with Crippen LogP contribution in [0.15, 0.2) is 18.2 Å². The molecule has 0 spiro atoms. The lowest BCUT2D eigenvalue weighted by Gasteiger charge is -2.33. The Kier molecular flexibility index (Phi) is 6.17. The Bertz CT molecular complexity index is 623. The maximum Gasteiger partial charge on any atom is 0.238 e. The summed E-state index contributed by atoms with van der Waals surface area (Å²) >= 11 is 12.1. The molecule has 1 saturated heterocycles. The molecular weight excluding hydrogens is 363 g/mol. The van der Waals surface area contributed by atoms with E-state index in [0.29, 0.717) is 28.3 Å². The van der Waals surface area contributed by atoms with Crippen LogP contribution in [0.4, 0.5) is 5.69 Å². The molecule has 1 heterocycles. The van der Waals surface area contributed by atoms with Crippen LogP contribution < -0.4 is 10.6 Å². The van der Waals surface area contributed by atoms with Crippen molar-refractivity contribution >= 4 is 40.7 Å². The maximum atomic E-state index is 12.2. The van der Waals surface area contributed by atoms with Crippen molar-refractivity contribution in [2.75, 3.05) is 44.6 Å². The summed E-state index contributed by atoms with van der Waals surface area (Å²) in [5.74, 6) is -0.0445. The topological polar surface area (TPSA) is 64.7 Å². The van der Waals surface area contributed by atoms with Crippen molar-refractivity contribution in [1.29, 1.82) is 0 Å². The minimum atomic E-state index is -0.144. The summed E-state index contributed by atoms with van der Waals surface area (Å²) in [4.78, 5) is 28.2. The van der Waals surface area contributed by atoms with Crippen molar-refractivity contribution in [3.63, 3.8) is 0 Å². The van der Waals surface area contributed by atoms with Gasteiger partial charge in [-0.05, 0) is 25.0 Å². The molecule has 25 heavy (non-hydrogen) atoms. The van der Waals surface area contributed by atoms with Crippen LogP contribution in [0.25, 0.3) is 0 Å². The lowest BCUT2D eigenvalue weighted by molar-refractivity contribution is -0.123. The quantitative estimate of drug-likeness (QED) is 0.784. The van der Waals surface area contributed by atoms with Gasteiger partial charge in [-0.2, -0.15) is 0 Å². The average Bonchev–Trinajstić information content (AvgIpc) is 3.37. The molecule has 1 saturated carbocycles. The monoisotopic (exact) mass is 384 g/mol. The second-order valence-electron chi connectivity index (χ2n) is 6.54. The Morgan fingerprint density at radius 2 is 1.48 bits per heavy atom. The number of para-hydroxylation sites is 1. The largest absolute Gasteiger partial charge is 0.352 e. The highest BCUT2D eigenvalue weighted by Gasteiger charge is 2.25. The van der Waals surface area contributed by atoms with E-state index in [4.69, 9.17) is 23.2 Å². The first-order valence-corrected chi connectivity index (χ1v) is 9.25. The molecule has 2 fully saturated rings. The van der Waals surface area contributed by atoms with Gasteiger partial charge in [-0.25, -0.2) is 0 Å². The van der Waals surface area contributed by atoms with E-state index < -0.39 is 0 Å². The standard InChI is InChI=1S/C17H22Cl2N4O2/c18-13-2-1-3-14(19)17(13)21-16(25)11-23-8-6-22(7-9-23)10-15(24)20-12-4-5-12/h1-3,12H,4-11H2,(H,20,24)(H,21,25). The van der Waals surface area contributed by atoms with Gasteiger partial charge in [0.15, 0.2) is 0 Å². The van der Waals surface area contributed by atoms with Gasteiger partial charge in [0.1, 0.15) is 0 Å². The van der Waals surface area contributed by atoms with Crippen molar-refractivity contribution < 1.29 is 9.59 Å². The summed E-state index contributed by atoms with van der Waals surface area (Å²) in [7, 11) is 0. The smallest absolute Gasteiger partial charge is 0.238 e. The summed E-state index contributed by atoms with van der Waals surface area (Å²) < 4.78 is 0. The van der Waals surface area contributed by atoms with Gasteiger partial charge in [0.25, 0.3) is 0 Å². The van der Waals surface area contributed by atoms with Gasteiger partial charge in [-0.3, -0.25) is 19.4 Å². The number of amides is 2. The number of piperazine rings is 1. The Hall–Kier alpha value is -1.34. The van der Waals surface area contributed by atoms with E-state index >= 15 is 0 Å². The highest BCUT2D eigenvalue weighted by molar-refractivity contribution is 6.39. The molecule has 136 valence electrons.